The van der Waals surface area contributed by atoms with Gasteiger partial charge in [0.2, 0.25) is 5.65 Å². The zero-order valence-corrected chi connectivity index (χ0v) is 13.6. The lowest BCUT2D eigenvalue weighted by Crippen LogP contribution is -2.24. The van der Waals surface area contributed by atoms with E-state index in [1.807, 2.05) is 31.3 Å². The van der Waals surface area contributed by atoms with Crippen LogP contribution in [-0.2, 0) is 6.54 Å². The third-order valence-electron chi connectivity index (χ3n) is 3.87. The molecule has 0 aliphatic heterocycles. The maximum atomic E-state index is 12.4. The first-order valence-electron chi connectivity index (χ1n) is 7.93. The summed E-state index contributed by atoms with van der Waals surface area (Å²) in [5.41, 5.74) is 2.12. The fourth-order valence-electron chi connectivity index (χ4n) is 2.67. The summed E-state index contributed by atoms with van der Waals surface area (Å²) < 4.78 is 7.19. The van der Waals surface area contributed by atoms with E-state index in [0.29, 0.717) is 29.5 Å². The number of H-pyrrole nitrogens is 1. The Labute approximate surface area is 142 Å². The van der Waals surface area contributed by atoms with Crippen molar-refractivity contribution in [3.05, 3.63) is 54.2 Å². The van der Waals surface area contributed by atoms with Crippen molar-refractivity contribution in [1.82, 2.24) is 29.9 Å². The SMILES string of the molecule is CCOc1nccn2c(CNC(=O)c3ccc4[nH]ccc4c3)nnc12. The van der Waals surface area contributed by atoms with Gasteiger partial charge in [-0.15, -0.1) is 10.2 Å². The molecular weight excluding hydrogens is 320 g/mol. The van der Waals surface area contributed by atoms with Crippen LogP contribution in [0.25, 0.3) is 16.6 Å². The lowest BCUT2D eigenvalue weighted by atomic mass is 10.1. The van der Waals surface area contributed by atoms with Crippen LogP contribution >= 0.6 is 0 Å². The van der Waals surface area contributed by atoms with Gasteiger partial charge in [0.05, 0.1) is 13.2 Å². The molecule has 0 unspecified atom stereocenters. The standard InChI is InChI=1S/C17H16N6O2/c1-2-25-17-15-22-21-14(23(15)8-7-19-17)10-20-16(24)12-3-4-13-11(9-12)5-6-18-13/h3-9,18H,2,10H2,1H3,(H,20,24). The summed E-state index contributed by atoms with van der Waals surface area (Å²) in [7, 11) is 0. The van der Waals surface area contributed by atoms with Crippen molar-refractivity contribution in [2.45, 2.75) is 13.5 Å². The van der Waals surface area contributed by atoms with Crippen LogP contribution in [0.4, 0.5) is 0 Å². The van der Waals surface area contributed by atoms with Crippen LogP contribution in [0.1, 0.15) is 23.1 Å². The van der Waals surface area contributed by atoms with Gasteiger partial charge in [0.1, 0.15) is 0 Å². The minimum Gasteiger partial charge on any atom is -0.475 e. The lowest BCUT2D eigenvalue weighted by Gasteiger charge is -2.06. The number of carbonyl (C=O) groups excluding carboxylic acids is 1. The summed E-state index contributed by atoms with van der Waals surface area (Å²) in [6.45, 7) is 2.62. The summed E-state index contributed by atoms with van der Waals surface area (Å²) in [5, 5.41) is 12.1. The van der Waals surface area contributed by atoms with Gasteiger partial charge in [-0.3, -0.25) is 9.20 Å². The van der Waals surface area contributed by atoms with Gasteiger partial charge < -0.3 is 15.0 Å². The predicted octanol–water partition coefficient (Wildman–Crippen LogP) is 1.93. The molecule has 0 atom stereocenters. The Bertz CT molecular complexity index is 1050. The Morgan fingerprint density at radius 3 is 3.12 bits per heavy atom. The van der Waals surface area contributed by atoms with Crippen molar-refractivity contribution in [3.63, 3.8) is 0 Å². The molecule has 8 nitrogen and oxygen atoms in total. The largest absolute Gasteiger partial charge is 0.475 e. The van der Waals surface area contributed by atoms with Crippen molar-refractivity contribution in [1.29, 1.82) is 0 Å². The fourth-order valence-corrected chi connectivity index (χ4v) is 2.67. The Hall–Kier alpha value is -3.42. The van der Waals surface area contributed by atoms with E-state index in [1.54, 1.807) is 22.9 Å². The quantitative estimate of drug-likeness (QED) is 0.580. The first-order valence-corrected chi connectivity index (χ1v) is 7.93. The highest BCUT2D eigenvalue weighted by Gasteiger charge is 2.13. The summed E-state index contributed by atoms with van der Waals surface area (Å²) in [4.78, 5) is 19.6. The number of hydrogen-bond acceptors (Lipinski definition) is 5. The molecule has 0 spiro atoms. The summed E-state index contributed by atoms with van der Waals surface area (Å²) in [6.07, 6.45) is 5.20. The highest BCUT2D eigenvalue weighted by atomic mass is 16.5. The average Bonchev–Trinajstić information content (AvgIpc) is 3.26. The van der Waals surface area contributed by atoms with Gasteiger partial charge in [0, 0.05) is 35.1 Å². The minimum atomic E-state index is -0.168. The number of fused-ring (bicyclic) bond motifs is 2. The average molecular weight is 336 g/mol. The number of aromatic amines is 1. The van der Waals surface area contributed by atoms with Gasteiger partial charge in [-0.25, -0.2) is 4.98 Å². The van der Waals surface area contributed by atoms with Gasteiger partial charge in [0.15, 0.2) is 5.82 Å². The van der Waals surface area contributed by atoms with E-state index in [-0.39, 0.29) is 12.5 Å². The third kappa shape index (κ3) is 2.78. The van der Waals surface area contributed by atoms with Crippen LogP contribution in [0.2, 0.25) is 0 Å². The number of nitrogens with one attached hydrogen (secondary N) is 2. The topological polar surface area (TPSA) is 97.2 Å². The Kier molecular flexibility index (Phi) is 3.77. The number of amides is 1. The zero-order valence-electron chi connectivity index (χ0n) is 13.6. The molecule has 0 saturated carbocycles. The molecule has 25 heavy (non-hydrogen) atoms. The molecule has 0 fully saturated rings. The molecule has 1 amide bonds. The number of nitrogens with zero attached hydrogens (tertiary/aromatic N) is 4. The number of rotatable bonds is 5. The van der Waals surface area contributed by atoms with Crippen LogP contribution in [-0.4, -0.2) is 37.1 Å². The molecule has 0 radical (unpaired) electrons. The Morgan fingerprint density at radius 1 is 1.32 bits per heavy atom. The molecule has 0 bridgehead atoms. The number of carbonyl (C=O) groups is 1. The van der Waals surface area contributed by atoms with E-state index in [2.05, 4.69) is 25.5 Å². The van der Waals surface area contributed by atoms with Crippen LogP contribution in [0.5, 0.6) is 5.88 Å². The van der Waals surface area contributed by atoms with E-state index < -0.39 is 0 Å². The predicted molar refractivity (Wildman–Crippen MR) is 91.4 cm³/mol. The van der Waals surface area contributed by atoms with Crippen molar-refractivity contribution in [2.75, 3.05) is 6.61 Å². The lowest BCUT2D eigenvalue weighted by molar-refractivity contribution is 0.0950. The van der Waals surface area contributed by atoms with Crippen molar-refractivity contribution in [2.24, 2.45) is 0 Å². The van der Waals surface area contributed by atoms with Crippen LogP contribution in [0.15, 0.2) is 42.9 Å². The van der Waals surface area contributed by atoms with Gasteiger partial charge in [-0.05, 0) is 31.2 Å². The minimum absolute atomic E-state index is 0.168. The first-order chi connectivity index (χ1) is 12.3. The van der Waals surface area contributed by atoms with Crippen LogP contribution in [0, 0.1) is 0 Å². The number of ether oxygens (including phenoxy) is 1. The molecule has 0 saturated heterocycles. The second-order valence-electron chi connectivity index (χ2n) is 5.44. The normalized spacial score (nSPS) is 11.1. The second-order valence-corrected chi connectivity index (χ2v) is 5.44. The fraction of sp³-hybridized carbons (Fsp3) is 0.176. The van der Waals surface area contributed by atoms with Crippen molar-refractivity contribution < 1.29 is 9.53 Å². The monoisotopic (exact) mass is 336 g/mol. The van der Waals surface area contributed by atoms with E-state index in [1.165, 1.54) is 0 Å². The summed E-state index contributed by atoms with van der Waals surface area (Å²) in [5.74, 6) is 0.862. The van der Waals surface area contributed by atoms with Crippen molar-refractivity contribution in [3.8, 4) is 5.88 Å². The highest BCUT2D eigenvalue weighted by molar-refractivity contribution is 5.97. The molecule has 0 aliphatic rings. The molecule has 126 valence electrons. The molecule has 1 aromatic carbocycles. The molecule has 4 aromatic rings. The maximum absolute atomic E-state index is 12.4. The van der Waals surface area contributed by atoms with Gasteiger partial charge in [-0.2, -0.15) is 0 Å². The molecule has 8 heteroatoms. The molecule has 3 heterocycles. The van der Waals surface area contributed by atoms with E-state index in [4.69, 9.17) is 4.74 Å². The van der Waals surface area contributed by atoms with Gasteiger partial charge in [0.25, 0.3) is 11.8 Å². The maximum Gasteiger partial charge on any atom is 0.260 e. The van der Waals surface area contributed by atoms with Crippen LogP contribution in [0.3, 0.4) is 0 Å². The van der Waals surface area contributed by atoms with E-state index in [0.717, 1.165) is 10.9 Å². The third-order valence-corrected chi connectivity index (χ3v) is 3.87. The van der Waals surface area contributed by atoms with Gasteiger partial charge in [-0.1, -0.05) is 0 Å². The highest BCUT2D eigenvalue weighted by Crippen LogP contribution is 2.16. The first kappa shape index (κ1) is 15.1. The van der Waals surface area contributed by atoms with E-state index in [9.17, 15) is 4.79 Å². The molecule has 0 aliphatic carbocycles. The summed E-state index contributed by atoms with van der Waals surface area (Å²) in [6, 6.07) is 7.45. The van der Waals surface area contributed by atoms with E-state index >= 15 is 0 Å². The molecule has 2 N–H and O–H groups in total. The van der Waals surface area contributed by atoms with Crippen molar-refractivity contribution >= 4 is 22.5 Å². The Morgan fingerprint density at radius 2 is 2.24 bits per heavy atom. The van der Waals surface area contributed by atoms with Crippen LogP contribution < -0.4 is 10.1 Å². The molecular formula is C17H16N6O2. The number of benzene rings is 1. The number of hydrogen-bond donors (Lipinski definition) is 2. The molecule has 4 rings (SSSR count). The number of aromatic nitrogens is 5. The zero-order chi connectivity index (χ0) is 17.2. The molecule has 3 aromatic heterocycles. The van der Waals surface area contributed by atoms with Gasteiger partial charge >= 0.3 is 0 Å². The Balaban J connectivity index is 1.53. The summed E-state index contributed by atoms with van der Waals surface area (Å²) >= 11 is 0. The second kappa shape index (κ2) is 6.23. The smallest absolute Gasteiger partial charge is 0.260 e.